The van der Waals surface area contributed by atoms with E-state index in [0.29, 0.717) is 6.61 Å². The molecule has 0 fully saturated rings. The van der Waals surface area contributed by atoms with Crippen molar-refractivity contribution in [2.45, 2.75) is 20.0 Å². The summed E-state index contributed by atoms with van der Waals surface area (Å²) in [5.41, 5.74) is 2.94. The van der Waals surface area contributed by atoms with E-state index in [1.165, 1.54) is 6.92 Å². The molecule has 1 amide bonds. The summed E-state index contributed by atoms with van der Waals surface area (Å²) in [4.78, 5) is 15.6. The van der Waals surface area contributed by atoms with E-state index < -0.39 is 0 Å². The zero-order chi connectivity index (χ0) is 16.8. The molecule has 0 aromatic heterocycles. The summed E-state index contributed by atoms with van der Waals surface area (Å²) in [7, 11) is 0. The van der Waals surface area contributed by atoms with Gasteiger partial charge in [0.2, 0.25) is 5.91 Å². The van der Waals surface area contributed by atoms with Gasteiger partial charge in [0, 0.05) is 36.8 Å². The first-order valence-electron chi connectivity index (χ1n) is 8.09. The monoisotopic (exact) mass is 323 g/mol. The number of hydrogen-bond donors (Lipinski definition) is 2. The molecular weight excluding hydrogens is 302 g/mol. The van der Waals surface area contributed by atoms with Crippen LogP contribution in [0.1, 0.15) is 24.5 Å². The number of benzene rings is 2. The summed E-state index contributed by atoms with van der Waals surface area (Å²) < 4.78 is 5.89. The molecule has 0 unspecified atom stereocenters. The Kier molecular flexibility index (Phi) is 5.11. The second kappa shape index (κ2) is 7.64. The molecule has 5 nitrogen and oxygen atoms in total. The first-order chi connectivity index (χ1) is 11.7. The lowest BCUT2D eigenvalue weighted by Gasteiger charge is -2.17. The highest BCUT2D eigenvalue weighted by Crippen LogP contribution is 2.19. The van der Waals surface area contributed by atoms with Crippen molar-refractivity contribution < 1.29 is 9.53 Å². The molecule has 2 aromatic carbocycles. The number of nitrogens with one attached hydrogen (secondary N) is 2. The lowest BCUT2D eigenvalue weighted by molar-refractivity contribution is -0.114. The van der Waals surface area contributed by atoms with Crippen LogP contribution in [0.25, 0.3) is 0 Å². The maximum absolute atomic E-state index is 11.0. The first-order valence-corrected chi connectivity index (χ1v) is 8.09. The van der Waals surface area contributed by atoms with Crippen LogP contribution in [0.4, 0.5) is 5.69 Å². The van der Waals surface area contributed by atoms with Gasteiger partial charge in [0.15, 0.2) is 0 Å². The standard InChI is InChI=1S/C19H21N3O2/c1-14(23)22-16-7-9-17(10-8-16)24-13-15-5-2-3-6-18(15)19-20-11-4-12-21-19/h2-3,5-10H,4,11-13H2,1H3,(H,20,21)(H,22,23). The van der Waals surface area contributed by atoms with E-state index in [1.54, 1.807) is 0 Å². The SMILES string of the molecule is CC(=O)Nc1ccc(OCc2ccccc2C2=NCCCN2)cc1. The van der Waals surface area contributed by atoms with Gasteiger partial charge in [-0.3, -0.25) is 9.79 Å². The molecule has 0 aliphatic carbocycles. The Morgan fingerprint density at radius 1 is 1.21 bits per heavy atom. The van der Waals surface area contributed by atoms with Gasteiger partial charge in [-0.2, -0.15) is 0 Å². The Balaban J connectivity index is 1.68. The van der Waals surface area contributed by atoms with E-state index in [0.717, 1.165) is 47.9 Å². The number of ether oxygens (including phenoxy) is 1. The Morgan fingerprint density at radius 2 is 2.00 bits per heavy atom. The minimum absolute atomic E-state index is 0.0849. The molecule has 0 saturated heterocycles. The third-order valence-electron chi connectivity index (χ3n) is 3.74. The predicted molar refractivity (Wildman–Crippen MR) is 95.5 cm³/mol. The van der Waals surface area contributed by atoms with Crippen molar-refractivity contribution in [3.63, 3.8) is 0 Å². The summed E-state index contributed by atoms with van der Waals surface area (Å²) in [6, 6.07) is 15.5. The van der Waals surface area contributed by atoms with Crippen molar-refractivity contribution in [2.24, 2.45) is 4.99 Å². The van der Waals surface area contributed by atoms with Crippen molar-refractivity contribution >= 4 is 17.4 Å². The van der Waals surface area contributed by atoms with Gasteiger partial charge >= 0.3 is 0 Å². The van der Waals surface area contributed by atoms with Gasteiger partial charge in [0.25, 0.3) is 0 Å². The number of hydrogen-bond acceptors (Lipinski definition) is 4. The van der Waals surface area contributed by atoms with Gasteiger partial charge < -0.3 is 15.4 Å². The molecule has 1 heterocycles. The van der Waals surface area contributed by atoms with Crippen molar-refractivity contribution in [2.75, 3.05) is 18.4 Å². The van der Waals surface area contributed by atoms with Crippen molar-refractivity contribution in [1.29, 1.82) is 0 Å². The van der Waals surface area contributed by atoms with Gasteiger partial charge in [0.1, 0.15) is 18.2 Å². The van der Waals surface area contributed by atoms with Crippen LogP contribution in [0.15, 0.2) is 53.5 Å². The van der Waals surface area contributed by atoms with Crippen LogP contribution in [0.5, 0.6) is 5.75 Å². The second-order valence-electron chi connectivity index (χ2n) is 5.66. The van der Waals surface area contributed by atoms with E-state index in [2.05, 4.69) is 27.8 Å². The Hall–Kier alpha value is -2.82. The Morgan fingerprint density at radius 3 is 2.71 bits per heavy atom. The second-order valence-corrected chi connectivity index (χ2v) is 5.66. The van der Waals surface area contributed by atoms with Crippen LogP contribution >= 0.6 is 0 Å². The van der Waals surface area contributed by atoms with E-state index in [1.807, 2.05) is 36.4 Å². The van der Waals surface area contributed by atoms with E-state index in [4.69, 9.17) is 4.74 Å². The molecule has 0 atom stereocenters. The number of anilines is 1. The summed E-state index contributed by atoms with van der Waals surface area (Å²) in [5, 5.41) is 6.09. The van der Waals surface area contributed by atoms with Crippen molar-refractivity contribution in [3.8, 4) is 5.75 Å². The summed E-state index contributed by atoms with van der Waals surface area (Å²) >= 11 is 0. The summed E-state index contributed by atoms with van der Waals surface area (Å²) in [5.74, 6) is 1.62. The highest BCUT2D eigenvalue weighted by Gasteiger charge is 2.11. The van der Waals surface area contributed by atoms with Crippen LogP contribution in [0, 0.1) is 0 Å². The van der Waals surface area contributed by atoms with Crippen LogP contribution in [-0.2, 0) is 11.4 Å². The number of carbonyl (C=O) groups is 1. The fourth-order valence-electron chi connectivity index (χ4n) is 2.59. The summed E-state index contributed by atoms with van der Waals surface area (Å²) in [6.07, 6.45) is 1.07. The van der Waals surface area contributed by atoms with Crippen molar-refractivity contribution in [1.82, 2.24) is 5.32 Å². The quantitative estimate of drug-likeness (QED) is 0.889. The lowest BCUT2D eigenvalue weighted by Crippen LogP contribution is -2.31. The molecule has 1 aliphatic heterocycles. The average Bonchev–Trinajstić information content (AvgIpc) is 2.62. The normalized spacial score (nSPS) is 13.6. The van der Waals surface area contributed by atoms with Crippen LogP contribution in [-0.4, -0.2) is 24.8 Å². The number of aliphatic imine (C=N–C) groups is 1. The Labute approximate surface area is 141 Å². The molecule has 0 bridgehead atoms. The minimum atomic E-state index is -0.0849. The zero-order valence-corrected chi connectivity index (χ0v) is 13.7. The fraction of sp³-hybridized carbons (Fsp3) is 0.263. The third-order valence-corrected chi connectivity index (χ3v) is 3.74. The molecule has 5 heteroatoms. The van der Waals surface area contributed by atoms with Gasteiger partial charge in [-0.05, 0) is 30.7 Å². The maximum Gasteiger partial charge on any atom is 0.221 e. The largest absolute Gasteiger partial charge is 0.489 e. The van der Waals surface area contributed by atoms with Gasteiger partial charge in [-0.25, -0.2) is 0 Å². The topological polar surface area (TPSA) is 62.7 Å². The number of nitrogens with zero attached hydrogens (tertiary/aromatic N) is 1. The number of carbonyl (C=O) groups excluding carboxylic acids is 1. The molecule has 124 valence electrons. The smallest absolute Gasteiger partial charge is 0.221 e. The number of amides is 1. The van der Waals surface area contributed by atoms with Gasteiger partial charge in [-0.1, -0.05) is 24.3 Å². The van der Waals surface area contributed by atoms with E-state index in [9.17, 15) is 4.79 Å². The first kappa shape index (κ1) is 16.1. The van der Waals surface area contributed by atoms with Gasteiger partial charge in [-0.15, -0.1) is 0 Å². The highest BCUT2D eigenvalue weighted by molar-refractivity contribution is 6.00. The average molecular weight is 323 g/mol. The molecule has 0 spiro atoms. The van der Waals surface area contributed by atoms with E-state index >= 15 is 0 Å². The van der Waals surface area contributed by atoms with Gasteiger partial charge in [0.05, 0.1) is 0 Å². The third kappa shape index (κ3) is 4.13. The number of amidine groups is 1. The summed E-state index contributed by atoms with van der Waals surface area (Å²) in [6.45, 7) is 3.78. The van der Waals surface area contributed by atoms with Crippen LogP contribution in [0.2, 0.25) is 0 Å². The minimum Gasteiger partial charge on any atom is -0.489 e. The van der Waals surface area contributed by atoms with Crippen molar-refractivity contribution in [3.05, 3.63) is 59.7 Å². The van der Waals surface area contributed by atoms with E-state index in [-0.39, 0.29) is 5.91 Å². The molecule has 0 radical (unpaired) electrons. The molecule has 0 saturated carbocycles. The molecule has 24 heavy (non-hydrogen) atoms. The molecule has 1 aliphatic rings. The molecule has 3 rings (SSSR count). The maximum atomic E-state index is 11.0. The predicted octanol–water partition coefficient (Wildman–Crippen LogP) is 2.96. The molecular formula is C19H21N3O2. The van der Waals surface area contributed by atoms with Crippen LogP contribution < -0.4 is 15.4 Å². The number of rotatable bonds is 5. The van der Waals surface area contributed by atoms with Crippen LogP contribution in [0.3, 0.4) is 0 Å². The molecule has 2 N–H and O–H groups in total. The lowest BCUT2D eigenvalue weighted by atomic mass is 10.1. The Bertz CT molecular complexity index is 739. The fourth-order valence-corrected chi connectivity index (χ4v) is 2.59. The highest BCUT2D eigenvalue weighted by atomic mass is 16.5. The zero-order valence-electron chi connectivity index (χ0n) is 13.7. The molecule has 2 aromatic rings.